The van der Waals surface area contributed by atoms with Gasteiger partial charge in [-0.05, 0) is 54.8 Å². The zero-order valence-corrected chi connectivity index (χ0v) is 22.9. The Hall–Kier alpha value is -3.24. The number of benzene rings is 2. The third-order valence-corrected chi connectivity index (χ3v) is 7.40. The molecule has 0 unspecified atom stereocenters. The van der Waals surface area contributed by atoms with Crippen LogP contribution in [0.5, 0.6) is 17.2 Å². The number of hydrogen-bond donors (Lipinski definition) is 2. The number of fused-ring (bicyclic) bond motifs is 1. The lowest BCUT2D eigenvalue weighted by molar-refractivity contribution is -0.123. The van der Waals surface area contributed by atoms with E-state index >= 15 is 0 Å². The number of amides is 1. The minimum Gasteiger partial charge on any atom is -0.497 e. The van der Waals surface area contributed by atoms with Gasteiger partial charge in [0, 0.05) is 50.9 Å². The minimum atomic E-state index is -2.68. The summed E-state index contributed by atoms with van der Waals surface area (Å²) in [5.74, 6) is -1.06. The fraction of sp³-hybridized carbons (Fsp3) is 0.548. The fourth-order valence-corrected chi connectivity index (χ4v) is 4.99. The third-order valence-electron chi connectivity index (χ3n) is 7.40. The molecule has 2 N–H and O–H groups in total. The van der Waals surface area contributed by atoms with E-state index in [0.29, 0.717) is 67.3 Å². The van der Waals surface area contributed by atoms with Crippen molar-refractivity contribution in [1.29, 1.82) is 0 Å². The van der Waals surface area contributed by atoms with Crippen LogP contribution in [0.25, 0.3) is 0 Å². The average Bonchev–Trinajstić information content (AvgIpc) is 2.97. The number of unbranched alkanes of at least 4 members (excludes halogenated alkanes) is 2. The van der Waals surface area contributed by atoms with E-state index in [1.807, 2.05) is 4.90 Å². The molecule has 0 aromatic heterocycles. The van der Waals surface area contributed by atoms with Crippen LogP contribution in [0.3, 0.4) is 0 Å². The van der Waals surface area contributed by atoms with Gasteiger partial charge in [-0.3, -0.25) is 9.59 Å². The van der Waals surface area contributed by atoms with Crippen molar-refractivity contribution in [2.45, 2.75) is 70.4 Å². The predicted molar refractivity (Wildman–Crippen MR) is 152 cm³/mol. The van der Waals surface area contributed by atoms with Gasteiger partial charge < -0.3 is 29.5 Å². The number of ketones is 1. The summed E-state index contributed by atoms with van der Waals surface area (Å²) in [4.78, 5) is 27.1. The number of aliphatic hydroxyl groups is 1. The highest BCUT2D eigenvalue weighted by Gasteiger charge is 2.36. The van der Waals surface area contributed by atoms with E-state index in [2.05, 4.69) is 5.32 Å². The maximum absolute atomic E-state index is 13.7. The Bertz CT molecular complexity index is 1130. The Labute approximate surface area is 241 Å². The summed E-state index contributed by atoms with van der Waals surface area (Å²) in [6.45, 7) is 1.47. The van der Waals surface area contributed by atoms with Gasteiger partial charge in [-0.1, -0.05) is 19.9 Å². The molecule has 2 aromatic rings. The lowest BCUT2D eigenvalue weighted by Crippen LogP contribution is -2.50. The number of methoxy groups -OCH3 is 1. The molecular formula is C31H42F2N2O6. The fourth-order valence-electron chi connectivity index (χ4n) is 4.99. The Morgan fingerprint density at radius 2 is 1.66 bits per heavy atom. The van der Waals surface area contributed by atoms with Crippen LogP contribution in [-0.4, -0.2) is 73.6 Å². The number of Topliss-reactive ketones (excluding diaryl/α,β-unsaturated/α-hetero) is 1. The van der Waals surface area contributed by atoms with Crippen molar-refractivity contribution in [3.63, 3.8) is 0 Å². The highest BCUT2D eigenvalue weighted by Crippen LogP contribution is 2.34. The van der Waals surface area contributed by atoms with Gasteiger partial charge in [0.25, 0.3) is 5.92 Å². The van der Waals surface area contributed by atoms with Crippen LogP contribution < -0.4 is 19.5 Å². The first-order valence-corrected chi connectivity index (χ1v) is 13.9. The number of halogens is 2. The molecule has 0 radical (unpaired) electrons. The van der Waals surface area contributed by atoms with Gasteiger partial charge in [0.2, 0.25) is 5.91 Å². The lowest BCUT2D eigenvalue weighted by Gasteiger charge is -2.36. The van der Waals surface area contributed by atoms with Crippen molar-refractivity contribution in [3.8, 4) is 17.2 Å². The maximum atomic E-state index is 13.7. The standard InChI is InChI=1S/C30H38F2N2O6.CH4/c1-38-23-10-7-21(8-11-23)25(35)5-3-2-4-6-28(36)33-24(20-34-15-13-30(31,32)14-16-34)29(37)22-9-12-26-27(19-22)40-18-17-39-26;/h7-12,19,24,29,37H,2-6,13-18,20H2,1H3,(H,33,36);1H4/t24-,29-;/m1./s1. The van der Waals surface area contributed by atoms with E-state index in [4.69, 9.17) is 14.2 Å². The van der Waals surface area contributed by atoms with Gasteiger partial charge in [-0.2, -0.15) is 0 Å². The highest BCUT2D eigenvalue weighted by atomic mass is 19.3. The van der Waals surface area contributed by atoms with Crippen molar-refractivity contribution in [2.75, 3.05) is 40.0 Å². The molecule has 0 aliphatic carbocycles. The first kappa shape index (κ1) is 32.3. The number of rotatable bonds is 13. The highest BCUT2D eigenvalue weighted by molar-refractivity contribution is 5.96. The quantitative estimate of drug-likeness (QED) is 0.250. The molecule has 2 aliphatic heterocycles. The Kier molecular flexibility index (Phi) is 11.9. The average molecular weight is 577 g/mol. The zero-order valence-electron chi connectivity index (χ0n) is 22.9. The van der Waals surface area contributed by atoms with Crippen molar-refractivity contribution in [1.82, 2.24) is 10.2 Å². The summed E-state index contributed by atoms with van der Waals surface area (Å²) in [5, 5.41) is 14.2. The topological polar surface area (TPSA) is 97.3 Å². The summed E-state index contributed by atoms with van der Waals surface area (Å²) in [6.07, 6.45) is 1.01. The number of piperidine rings is 1. The van der Waals surface area contributed by atoms with E-state index in [1.165, 1.54) is 0 Å². The van der Waals surface area contributed by atoms with Crippen molar-refractivity contribution < 1.29 is 37.7 Å². The van der Waals surface area contributed by atoms with E-state index < -0.39 is 18.1 Å². The number of ether oxygens (including phenoxy) is 3. The molecule has 1 saturated heterocycles. The van der Waals surface area contributed by atoms with Crippen molar-refractivity contribution in [2.24, 2.45) is 0 Å². The molecule has 1 fully saturated rings. The molecule has 226 valence electrons. The molecule has 2 aromatic carbocycles. The molecule has 0 saturated carbocycles. The second kappa shape index (κ2) is 15.1. The van der Waals surface area contributed by atoms with Gasteiger partial charge in [-0.25, -0.2) is 8.78 Å². The van der Waals surface area contributed by atoms with Crippen LogP contribution in [0, 0.1) is 0 Å². The second-order valence-corrected chi connectivity index (χ2v) is 10.4. The van der Waals surface area contributed by atoms with Gasteiger partial charge >= 0.3 is 0 Å². The molecule has 0 spiro atoms. The Morgan fingerprint density at radius 1 is 1.00 bits per heavy atom. The molecule has 41 heavy (non-hydrogen) atoms. The Balaban J connectivity index is 0.00000462. The SMILES string of the molecule is C.COc1ccc(C(=O)CCCCCC(=O)N[C@H](CN2CCC(F)(F)CC2)[C@H](O)c2ccc3c(c2)OCCO3)cc1. The van der Waals surface area contributed by atoms with E-state index in [1.54, 1.807) is 49.6 Å². The van der Waals surface area contributed by atoms with E-state index in [-0.39, 0.29) is 58.0 Å². The number of nitrogens with zero attached hydrogens (tertiary/aromatic N) is 1. The number of carbonyl (C=O) groups excluding carboxylic acids is 2. The number of aliphatic hydroxyl groups excluding tert-OH is 1. The third kappa shape index (κ3) is 9.39. The molecule has 2 aliphatic rings. The van der Waals surface area contributed by atoms with Gasteiger partial charge in [0.1, 0.15) is 25.1 Å². The second-order valence-electron chi connectivity index (χ2n) is 10.4. The summed E-state index contributed by atoms with van der Waals surface area (Å²) in [5.41, 5.74) is 1.18. The first-order chi connectivity index (χ1) is 19.2. The minimum absolute atomic E-state index is 0. The van der Waals surface area contributed by atoms with E-state index in [9.17, 15) is 23.5 Å². The smallest absolute Gasteiger partial charge is 0.250 e. The lowest BCUT2D eigenvalue weighted by atomic mass is 9.99. The van der Waals surface area contributed by atoms with Gasteiger partial charge in [0.15, 0.2) is 17.3 Å². The molecule has 10 heteroatoms. The largest absolute Gasteiger partial charge is 0.497 e. The summed E-state index contributed by atoms with van der Waals surface area (Å²) < 4.78 is 43.7. The summed E-state index contributed by atoms with van der Waals surface area (Å²) >= 11 is 0. The number of nitrogens with one attached hydrogen (secondary N) is 1. The zero-order chi connectivity index (χ0) is 28.5. The number of hydrogen-bond acceptors (Lipinski definition) is 7. The number of carbonyl (C=O) groups is 2. The van der Waals surface area contributed by atoms with Crippen LogP contribution in [0.1, 0.15) is 74.4 Å². The maximum Gasteiger partial charge on any atom is 0.250 e. The van der Waals surface area contributed by atoms with Crippen molar-refractivity contribution in [3.05, 3.63) is 53.6 Å². The number of alkyl halides is 2. The van der Waals surface area contributed by atoms with Gasteiger partial charge in [0.05, 0.1) is 13.2 Å². The van der Waals surface area contributed by atoms with Crippen LogP contribution in [0.15, 0.2) is 42.5 Å². The van der Waals surface area contributed by atoms with Crippen LogP contribution >= 0.6 is 0 Å². The normalized spacial score (nSPS) is 17.6. The molecule has 4 rings (SSSR count). The molecule has 2 atom stereocenters. The molecule has 2 heterocycles. The monoisotopic (exact) mass is 576 g/mol. The molecule has 8 nitrogen and oxygen atoms in total. The molecular weight excluding hydrogens is 534 g/mol. The molecule has 1 amide bonds. The van der Waals surface area contributed by atoms with E-state index in [0.717, 1.165) is 0 Å². The van der Waals surface area contributed by atoms with Crippen LogP contribution in [-0.2, 0) is 4.79 Å². The van der Waals surface area contributed by atoms with Crippen LogP contribution in [0.2, 0.25) is 0 Å². The summed E-state index contributed by atoms with van der Waals surface area (Å²) in [6, 6.07) is 11.4. The van der Waals surface area contributed by atoms with Crippen LogP contribution in [0.4, 0.5) is 8.78 Å². The molecule has 0 bridgehead atoms. The van der Waals surface area contributed by atoms with Gasteiger partial charge in [-0.15, -0.1) is 0 Å². The first-order valence-electron chi connectivity index (χ1n) is 13.9. The summed E-state index contributed by atoms with van der Waals surface area (Å²) in [7, 11) is 1.57. The van der Waals surface area contributed by atoms with Crippen molar-refractivity contribution >= 4 is 11.7 Å². The predicted octanol–water partition coefficient (Wildman–Crippen LogP) is 5.19. The number of likely N-dealkylation sites (tertiary alicyclic amines) is 1. The Morgan fingerprint density at radius 3 is 2.34 bits per heavy atom.